The minimum atomic E-state index is -4.17. The van der Waals surface area contributed by atoms with Gasteiger partial charge in [-0.1, -0.05) is 154 Å². The van der Waals surface area contributed by atoms with Crippen LogP contribution in [-0.2, 0) is 4.57 Å². The maximum absolute atomic E-state index is 13.0. The molecule has 0 aliphatic rings. The van der Waals surface area contributed by atoms with E-state index in [-0.39, 0.29) is 0 Å². The van der Waals surface area contributed by atoms with Gasteiger partial charge in [-0.15, -0.1) is 0 Å². The van der Waals surface area contributed by atoms with E-state index >= 15 is 0 Å². The summed E-state index contributed by atoms with van der Waals surface area (Å²) in [5.74, 6) is 0. The SMILES string of the molecule is CCCCCCCCC=CCCCCCCCCC(CCCCCCCCC=CCCCCCCCC)(P(=O)(O)O)[P+](C)(C)C. The topological polar surface area (TPSA) is 57.5 Å². The normalized spacial score (nSPS) is 14.2. The molecule has 0 aliphatic heterocycles. The lowest BCUT2D eigenvalue weighted by molar-refractivity contribution is 0.333. The van der Waals surface area contributed by atoms with E-state index < -0.39 is 19.8 Å². The van der Waals surface area contributed by atoms with Crippen LogP contribution >= 0.6 is 14.9 Å². The molecule has 45 heavy (non-hydrogen) atoms. The summed E-state index contributed by atoms with van der Waals surface area (Å²) in [6, 6.07) is 0. The molecule has 0 amide bonds. The van der Waals surface area contributed by atoms with E-state index in [1.807, 2.05) is 0 Å². The van der Waals surface area contributed by atoms with Gasteiger partial charge in [-0.05, 0) is 77.0 Å². The second-order valence-corrected chi connectivity index (χ2v) is 22.1. The molecule has 5 heteroatoms. The molecular weight excluding hydrogens is 590 g/mol. The van der Waals surface area contributed by atoms with Crippen LogP contribution in [0, 0.1) is 0 Å². The molecule has 0 fully saturated rings. The van der Waals surface area contributed by atoms with Gasteiger partial charge in [0.05, 0.1) is 0 Å². The zero-order valence-corrected chi connectivity index (χ0v) is 33.0. The predicted octanol–water partition coefficient (Wildman–Crippen LogP) is 14.6. The quantitative estimate of drug-likeness (QED) is 0.0407. The van der Waals surface area contributed by atoms with Crippen LogP contribution in [0.4, 0.5) is 0 Å². The van der Waals surface area contributed by atoms with Gasteiger partial charge in [-0.3, -0.25) is 4.57 Å². The molecule has 3 nitrogen and oxygen atoms in total. The van der Waals surface area contributed by atoms with Crippen molar-refractivity contribution in [2.45, 2.75) is 211 Å². The summed E-state index contributed by atoms with van der Waals surface area (Å²) in [6.45, 7) is 11.0. The Morgan fingerprint density at radius 2 is 0.689 bits per heavy atom. The van der Waals surface area contributed by atoms with Crippen molar-refractivity contribution < 1.29 is 14.4 Å². The zero-order chi connectivity index (χ0) is 33.5. The third kappa shape index (κ3) is 24.8. The fraction of sp³-hybridized carbons (Fsp3) is 0.900. The molecule has 0 unspecified atom stereocenters. The van der Waals surface area contributed by atoms with Crippen molar-refractivity contribution in [3.8, 4) is 0 Å². The molecule has 0 aromatic carbocycles. The molecule has 268 valence electrons. The number of hydrogen-bond acceptors (Lipinski definition) is 1. The first-order valence-corrected chi connectivity index (χ1v) is 24.5. The van der Waals surface area contributed by atoms with Crippen LogP contribution in [0.1, 0.15) is 206 Å². The van der Waals surface area contributed by atoms with E-state index in [0.29, 0.717) is 12.8 Å². The molecule has 0 heterocycles. The minimum absolute atomic E-state index is 0.695. The van der Waals surface area contributed by atoms with Crippen LogP contribution < -0.4 is 0 Å². The van der Waals surface area contributed by atoms with Gasteiger partial charge in [0.25, 0.3) is 0 Å². The fourth-order valence-corrected chi connectivity index (χ4v) is 12.5. The van der Waals surface area contributed by atoms with Crippen LogP contribution in [0.3, 0.4) is 0 Å². The summed E-state index contributed by atoms with van der Waals surface area (Å²) in [5.41, 5.74) is 0. The lowest BCUT2D eigenvalue weighted by Crippen LogP contribution is -2.31. The van der Waals surface area contributed by atoms with E-state index in [2.05, 4.69) is 58.1 Å². The summed E-state index contributed by atoms with van der Waals surface area (Å²) in [4.78, 5) is 20.5. The Balaban J connectivity index is 4.13. The number of allylic oxidation sites excluding steroid dienone is 4. The van der Waals surface area contributed by atoms with E-state index in [0.717, 1.165) is 25.7 Å². The van der Waals surface area contributed by atoms with Crippen LogP contribution in [0.2, 0.25) is 0 Å². The second-order valence-electron chi connectivity index (χ2n) is 14.9. The Morgan fingerprint density at radius 3 is 0.933 bits per heavy atom. The molecule has 0 spiro atoms. The third-order valence-electron chi connectivity index (χ3n) is 9.97. The molecule has 0 rings (SSSR count). The molecular formula is C40H81O3P2+. The van der Waals surface area contributed by atoms with Crippen molar-refractivity contribution in [3.63, 3.8) is 0 Å². The Hall–Kier alpha value is 0.0600. The van der Waals surface area contributed by atoms with Crippen LogP contribution in [0.5, 0.6) is 0 Å². The van der Waals surface area contributed by atoms with Crippen molar-refractivity contribution in [1.29, 1.82) is 0 Å². The monoisotopic (exact) mass is 672 g/mol. The molecule has 0 bridgehead atoms. The van der Waals surface area contributed by atoms with Gasteiger partial charge >= 0.3 is 7.60 Å². The maximum Gasteiger partial charge on any atom is 0.368 e. The molecule has 0 radical (unpaired) electrons. The van der Waals surface area contributed by atoms with Gasteiger partial charge in [0.15, 0.2) is 4.90 Å². The lowest BCUT2D eigenvalue weighted by Gasteiger charge is -2.39. The first kappa shape index (κ1) is 45.1. The van der Waals surface area contributed by atoms with Gasteiger partial charge in [0.1, 0.15) is 0 Å². The second kappa shape index (κ2) is 30.1. The summed E-state index contributed by atoms with van der Waals surface area (Å²) in [6.07, 6.45) is 46.3. The van der Waals surface area contributed by atoms with Gasteiger partial charge in [-0.25, -0.2) is 0 Å². The van der Waals surface area contributed by atoms with E-state index in [1.165, 1.54) is 154 Å². The van der Waals surface area contributed by atoms with E-state index in [9.17, 15) is 14.4 Å². The third-order valence-corrected chi connectivity index (χ3v) is 17.0. The highest BCUT2D eigenvalue weighted by molar-refractivity contribution is 7.85. The maximum atomic E-state index is 13.0. The molecule has 0 aromatic rings. The van der Waals surface area contributed by atoms with Crippen molar-refractivity contribution in [3.05, 3.63) is 24.3 Å². The molecule has 0 aliphatic carbocycles. The molecule has 0 aromatic heterocycles. The van der Waals surface area contributed by atoms with Crippen LogP contribution in [0.15, 0.2) is 24.3 Å². The van der Waals surface area contributed by atoms with Gasteiger partial charge in [-0.2, -0.15) is 0 Å². The highest BCUT2D eigenvalue weighted by atomic mass is 31.2. The summed E-state index contributed by atoms with van der Waals surface area (Å²) in [7, 11) is -5.91. The smallest absolute Gasteiger partial charge is 0.321 e. The minimum Gasteiger partial charge on any atom is -0.321 e. The Morgan fingerprint density at radius 1 is 0.444 bits per heavy atom. The Labute approximate surface area is 284 Å². The average Bonchev–Trinajstić information content (AvgIpc) is 2.98. The standard InChI is InChI=1S/C40H80O3P2/c1-6-8-10-12-14-16-18-20-22-24-26-28-30-32-34-36-38-40(44(3,4)5,45(41,42)43)39-37-35-33-31-29-27-25-23-21-19-17-15-13-11-9-7-2/h20-23H,6-19,24-39H2,1-5H3,(H-,41,42,43)/p+1. The zero-order valence-electron chi connectivity index (χ0n) is 31.2. The fourth-order valence-electron chi connectivity index (χ4n) is 6.79. The lowest BCUT2D eigenvalue weighted by atomic mass is 10.0. The highest BCUT2D eigenvalue weighted by Crippen LogP contribution is 2.77. The predicted molar refractivity (Wildman–Crippen MR) is 208 cm³/mol. The molecule has 0 saturated carbocycles. The van der Waals surface area contributed by atoms with Crippen molar-refractivity contribution in [2.75, 3.05) is 20.0 Å². The first-order chi connectivity index (χ1) is 21.6. The Bertz CT molecular complexity index is 692. The number of rotatable bonds is 34. The molecule has 0 atom stereocenters. The Kier molecular flexibility index (Phi) is 30.2. The van der Waals surface area contributed by atoms with Gasteiger partial charge in [0.2, 0.25) is 0 Å². The van der Waals surface area contributed by atoms with Gasteiger partial charge in [0, 0.05) is 27.3 Å². The van der Waals surface area contributed by atoms with E-state index in [1.54, 1.807) is 0 Å². The largest absolute Gasteiger partial charge is 0.368 e. The summed E-state index contributed by atoms with van der Waals surface area (Å²) < 4.78 is 13.0. The molecule has 0 saturated heterocycles. The first-order valence-electron chi connectivity index (χ1n) is 19.8. The van der Waals surface area contributed by atoms with Crippen LogP contribution in [0.25, 0.3) is 0 Å². The van der Waals surface area contributed by atoms with Crippen molar-refractivity contribution in [2.24, 2.45) is 0 Å². The molecule has 2 N–H and O–H groups in total. The summed E-state index contributed by atoms with van der Waals surface area (Å²) >= 11 is 0. The van der Waals surface area contributed by atoms with Crippen molar-refractivity contribution in [1.82, 2.24) is 0 Å². The van der Waals surface area contributed by atoms with Gasteiger partial charge < -0.3 is 9.79 Å². The number of hydrogen-bond donors (Lipinski definition) is 2. The highest BCUT2D eigenvalue weighted by Gasteiger charge is 2.59. The number of unbranched alkanes of at least 4 members (excludes halogenated alkanes) is 24. The van der Waals surface area contributed by atoms with Crippen molar-refractivity contribution >= 4 is 14.9 Å². The van der Waals surface area contributed by atoms with E-state index in [4.69, 9.17) is 0 Å². The average molecular weight is 672 g/mol. The van der Waals surface area contributed by atoms with Crippen LogP contribution in [-0.4, -0.2) is 34.7 Å². The summed E-state index contributed by atoms with van der Waals surface area (Å²) in [5, 5.41) is 0.